The summed E-state index contributed by atoms with van der Waals surface area (Å²) in [6.45, 7) is 0.157. The Labute approximate surface area is 104 Å². The zero-order valence-electron chi connectivity index (χ0n) is 8.48. The number of hydrogen-bond acceptors (Lipinski definition) is 4. The first-order valence-electron chi connectivity index (χ1n) is 4.65. The minimum Gasteiger partial charge on any atom is -0.345 e. The lowest BCUT2D eigenvalue weighted by Gasteiger charge is -2.03. The molecule has 0 saturated carbocycles. The first-order chi connectivity index (χ1) is 8.16. The molecule has 0 saturated heterocycles. The number of aromatic nitrogens is 2. The summed E-state index contributed by atoms with van der Waals surface area (Å²) in [7, 11) is 0. The van der Waals surface area contributed by atoms with Crippen molar-refractivity contribution in [2.24, 2.45) is 0 Å². The second kappa shape index (κ2) is 5.05. The molecule has 0 radical (unpaired) electrons. The Balaban J connectivity index is 2.02. The van der Waals surface area contributed by atoms with Crippen LogP contribution in [0.2, 0.25) is 0 Å². The molecular weight excluding hydrogens is 293 g/mol. The summed E-state index contributed by atoms with van der Waals surface area (Å²) in [5.41, 5.74) is 0.349. The van der Waals surface area contributed by atoms with Gasteiger partial charge in [-0.2, -0.15) is 4.98 Å². The van der Waals surface area contributed by atoms with Crippen molar-refractivity contribution in [2.75, 3.05) is 0 Å². The van der Waals surface area contributed by atoms with Crippen LogP contribution in [0.15, 0.2) is 33.6 Å². The summed E-state index contributed by atoms with van der Waals surface area (Å²) in [5, 5.41) is 6.12. The molecule has 1 heterocycles. The number of rotatable bonds is 3. The predicted molar refractivity (Wildman–Crippen MR) is 59.6 cm³/mol. The highest BCUT2D eigenvalue weighted by molar-refractivity contribution is 9.10. The van der Waals surface area contributed by atoms with E-state index < -0.39 is 5.82 Å². The van der Waals surface area contributed by atoms with Gasteiger partial charge in [0.15, 0.2) is 5.82 Å². The lowest BCUT2D eigenvalue weighted by molar-refractivity contribution is 0.0949. The van der Waals surface area contributed by atoms with E-state index in [2.05, 4.69) is 35.9 Å². The largest absolute Gasteiger partial charge is 0.345 e. The molecule has 1 aromatic heterocycles. The molecule has 0 aliphatic carbocycles. The van der Waals surface area contributed by atoms with E-state index in [1.165, 1.54) is 24.6 Å². The van der Waals surface area contributed by atoms with Gasteiger partial charge in [-0.1, -0.05) is 5.16 Å². The first-order valence-corrected chi connectivity index (χ1v) is 5.44. The van der Waals surface area contributed by atoms with Gasteiger partial charge >= 0.3 is 0 Å². The van der Waals surface area contributed by atoms with Gasteiger partial charge < -0.3 is 9.84 Å². The summed E-state index contributed by atoms with van der Waals surface area (Å²) < 4.78 is 17.7. The number of nitrogens with zero attached hydrogens (tertiary/aromatic N) is 2. The van der Waals surface area contributed by atoms with Gasteiger partial charge in [0, 0.05) is 5.56 Å². The van der Waals surface area contributed by atoms with Crippen molar-refractivity contribution < 1.29 is 13.7 Å². The van der Waals surface area contributed by atoms with E-state index in [4.69, 9.17) is 0 Å². The monoisotopic (exact) mass is 299 g/mol. The van der Waals surface area contributed by atoms with Gasteiger partial charge in [-0.25, -0.2) is 4.39 Å². The van der Waals surface area contributed by atoms with Crippen LogP contribution in [0, 0.1) is 5.82 Å². The summed E-state index contributed by atoms with van der Waals surface area (Å²) in [5.74, 6) is -0.380. The van der Waals surface area contributed by atoms with Crippen molar-refractivity contribution in [3.05, 3.63) is 46.3 Å². The fraction of sp³-hybridized carbons (Fsp3) is 0.100. The van der Waals surface area contributed by atoms with Crippen LogP contribution in [-0.2, 0) is 6.54 Å². The Kier molecular flexibility index (Phi) is 3.48. The molecule has 0 aliphatic rings. The highest BCUT2D eigenvalue weighted by atomic mass is 79.9. The van der Waals surface area contributed by atoms with Gasteiger partial charge in [-0.05, 0) is 34.1 Å². The Morgan fingerprint density at radius 1 is 1.53 bits per heavy atom. The highest BCUT2D eigenvalue weighted by Crippen LogP contribution is 2.16. The van der Waals surface area contributed by atoms with Gasteiger partial charge in [-0.3, -0.25) is 4.79 Å². The molecule has 5 nitrogen and oxygen atoms in total. The highest BCUT2D eigenvalue weighted by Gasteiger charge is 2.09. The average Bonchev–Trinajstić information content (AvgIpc) is 2.82. The molecule has 1 amide bonds. The molecular formula is C10H7BrFN3O2. The fourth-order valence-corrected chi connectivity index (χ4v) is 1.55. The third kappa shape index (κ3) is 2.88. The molecule has 0 atom stereocenters. The third-order valence-corrected chi connectivity index (χ3v) is 2.60. The average molecular weight is 300 g/mol. The maximum absolute atomic E-state index is 13.0. The molecule has 0 fully saturated rings. The van der Waals surface area contributed by atoms with E-state index in [1.54, 1.807) is 0 Å². The van der Waals surface area contributed by atoms with Crippen LogP contribution in [0.5, 0.6) is 0 Å². The number of hydrogen-bond donors (Lipinski definition) is 1. The standard InChI is InChI=1S/C10H7BrFN3O2/c11-7-3-6(1-2-8(7)12)10(16)13-4-9-14-5-17-15-9/h1-3,5H,4H2,(H,13,16). The number of nitrogens with one attached hydrogen (secondary N) is 1. The van der Waals surface area contributed by atoms with Gasteiger partial charge in [0.05, 0.1) is 11.0 Å². The van der Waals surface area contributed by atoms with Gasteiger partial charge in [0.1, 0.15) is 5.82 Å². The SMILES string of the molecule is O=C(NCc1ncon1)c1ccc(F)c(Br)c1. The van der Waals surface area contributed by atoms with Crippen LogP contribution >= 0.6 is 15.9 Å². The molecule has 7 heteroatoms. The third-order valence-electron chi connectivity index (χ3n) is 2.00. The van der Waals surface area contributed by atoms with E-state index in [1.807, 2.05) is 0 Å². The predicted octanol–water partition coefficient (Wildman–Crippen LogP) is 1.90. The number of halogens is 2. The maximum Gasteiger partial charge on any atom is 0.251 e. The van der Waals surface area contributed by atoms with E-state index in [0.717, 1.165) is 0 Å². The number of amides is 1. The summed E-state index contributed by atoms with van der Waals surface area (Å²) in [6.07, 6.45) is 1.18. The van der Waals surface area contributed by atoms with Crippen molar-refractivity contribution in [3.63, 3.8) is 0 Å². The molecule has 17 heavy (non-hydrogen) atoms. The molecule has 0 unspecified atom stereocenters. The van der Waals surface area contributed by atoms with Gasteiger partial charge in [-0.15, -0.1) is 0 Å². The van der Waals surface area contributed by atoms with Crippen molar-refractivity contribution in [1.82, 2.24) is 15.5 Å². The van der Waals surface area contributed by atoms with E-state index in [0.29, 0.717) is 11.4 Å². The van der Waals surface area contributed by atoms with Crippen LogP contribution in [-0.4, -0.2) is 16.0 Å². The Bertz CT molecular complexity index is 530. The minimum absolute atomic E-state index is 0.157. The molecule has 2 aromatic rings. The van der Waals surface area contributed by atoms with Crippen LogP contribution < -0.4 is 5.32 Å². The van der Waals surface area contributed by atoms with E-state index in [-0.39, 0.29) is 16.9 Å². The second-order valence-corrected chi connectivity index (χ2v) is 4.01. The Morgan fingerprint density at radius 2 is 2.35 bits per heavy atom. The number of benzene rings is 1. The smallest absolute Gasteiger partial charge is 0.251 e. The van der Waals surface area contributed by atoms with E-state index in [9.17, 15) is 9.18 Å². The molecule has 0 bridgehead atoms. The minimum atomic E-state index is -0.417. The summed E-state index contributed by atoms with van der Waals surface area (Å²) in [6, 6.07) is 4.01. The molecule has 0 spiro atoms. The van der Waals surface area contributed by atoms with Crippen LogP contribution in [0.3, 0.4) is 0 Å². The van der Waals surface area contributed by atoms with E-state index >= 15 is 0 Å². The topological polar surface area (TPSA) is 68.0 Å². The van der Waals surface area contributed by atoms with Crippen LogP contribution in [0.4, 0.5) is 4.39 Å². The number of carbonyl (C=O) groups is 1. The molecule has 2 rings (SSSR count). The molecule has 1 N–H and O–H groups in total. The van der Waals surface area contributed by atoms with Gasteiger partial charge in [0.25, 0.3) is 5.91 Å². The quantitative estimate of drug-likeness (QED) is 0.940. The fourth-order valence-electron chi connectivity index (χ4n) is 1.17. The van der Waals surface area contributed by atoms with Crippen molar-refractivity contribution in [1.29, 1.82) is 0 Å². The Hall–Kier alpha value is -1.76. The lowest BCUT2D eigenvalue weighted by Crippen LogP contribution is -2.23. The Morgan fingerprint density at radius 3 is 3.00 bits per heavy atom. The molecule has 0 aliphatic heterocycles. The van der Waals surface area contributed by atoms with Crippen LogP contribution in [0.25, 0.3) is 0 Å². The number of carbonyl (C=O) groups excluding carboxylic acids is 1. The summed E-state index contributed by atoms with van der Waals surface area (Å²) >= 11 is 3.01. The molecule has 88 valence electrons. The second-order valence-electron chi connectivity index (χ2n) is 3.16. The van der Waals surface area contributed by atoms with Crippen LogP contribution in [0.1, 0.15) is 16.2 Å². The van der Waals surface area contributed by atoms with Gasteiger partial charge in [0.2, 0.25) is 6.39 Å². The van der Waals surface area contributed by atoms with Crippen molar-refractivity contribution in [2.45, 2.75) is 6.54 Å². The van der Waals surface area contributed by atoms with Crippen molar-refractivity contribution >= 4 is 21.8 Å². The molecule has 1 aromatic carbocycles. The summed E-state index contributed by atoms with van der Waals surface area (Å²) in [4.78, 5) is 15.4. The zero-order chi connectivity index (χ0) is 12.3. The first kappa shape index (κ1) is 11.7. The normalized spacial score (nSPS) is 10.2. The maximum atomic E-state index is 13.0. The zero-order valence-corrected chi connectivity index (χ0v) is 10.1. The lowest BCUT2D eigenvalue weighted by atomic mass is 10.2. The van der Waals surface area contributed by atoms with Crippen molar-refractivity contribution in [3.8, 4) is 0 Å².